The minimum Gasteiger partial charge on any atom is -0.487 e. The van der Waals surface area contributed by atoms with Crippen LogP contribution in [0.3, 0.4) is 0 Å². The Kier molecular flexibility index (Phi) is 2.58. The van der Waals surface area contributed by atoms with Crippen molar-refractivity contribution in [2.24, 2.45) is 5.41 Å². The fraction of sp³-hybridized carbons (Fsp3) is 0.571. The third-order valence-electron chi connectivity index (χ3n) is 4.38. The minimum atomic E-state index is -0.318. The third-order valence-corrected chi connectivity index (χ3v) is 4.38. The maximum Gasteiger partial charge on any atom is 0.165 e. The van der Waals surface area contributed by atoms with Gasteiger partial charge in [-0.1, -0.05) is 25.0 Å². The highest BCUT2D eigenvalue weighted by Crippen LogP contribution is 2.54. The summed E-state index contributed by atoms with van der Waals surface area (Å²) >= 11 is 0. The second-order valence-corrected chi connectivity index (χ2v) is 5.23. The van der Waals surface area contributed by atoms with Crippen molar-refractivity contribution < 1.29 is 14.2 Å². The lowest BCUT2D eigenvalue weighted by molar-refractivity contribution is -0.152. The topological polar surface area (TPSA) is 29.5 Å². The van der Waals surface area contributed by atoms with Gasteiger partial charge in [0, 0.05) is 11.8 Å². The first kappa shape index (κ1) is 11.0. The van der Waals surface area contributed by atoms with E-state index >= 15 is 0 Å². The maximum absolute atomic E-state index is 13.5. The van der Waals surface area contributed by atoms with Crippen molar-refractivity contribution in [1.29, 1.82) is 0 Å². The van der Waals surface area contributed by atoms with E-state index in [4.69, 9.17) is 4.74 Å². The Balaban J connectivity index is 1.77. The van der Waals surface area contributed by atoms with E-state index in [9.17, 15) is 9.50 Å². The molecule has 0 radical (unpaired) electrons. The molecule has 3 heteroatoms. The van der Waals surface area contributed by atoms with E-state index < -0.39 is 0 Å². The third kappa shape index (κ3) is 1.64. The molecule has 2 saturated carbocycles. The quantitative estimate of drug-likeness (QED) is 0.855. The second kappa shape index (κ2) is 3.98. The van der Waals surface area contributed by atoms with Crippen molar-refractivity contribution in [3.8, 4) is 5.75 Å². The van der Waals surface area contributed by atoms with Gasteiger partial charge < -0.3 is 9.84 Å². The summed E-state index contributed by atoms with van der Waals surface area (Å²) in [6.45, 7) is 0. The van der Waals surface area contributed by atoms with Crippen molar-refractivity contribution in [1.82, 2.24) is 0 Å². The van der Waals surface area contributed by atoms with Gasteiger partial charge in [-0.25, -0.2) is 4.39 Å². The lowest BCUT2D eigenvalue weighted by atomic mass is 9.62. The SMILES string of the molecule is OC1CC(Oc2ccccc2F)C12CCCC2. The molecular formula is C14H17FO2. The largest absolute Gasteiger partial charge is 0.487 e. The molecule has 0 aliphatic heterocycles. The maximum atomic E-state index is 13.5. The van der Waals surface area contributed by atoms with E-state index in [0.717, 1.165) is 25.7 Å². The summed E-state index contributed by atoms with van der Waals surface area (Å²) in [5.74, 6) is -0.00212. The average molecular weight is 236 g/mol. The zero-order valence-electron chi connectivity index (χ0n) is 9.73. The number of halogens is 1. The molecule has 2 unspecified atom stereocenters. The minimum absolute atomic E-state index is 0.0168. The number of benzene rings is 1. The molecule has 0 saturated heterocycles. The van der Waals surface area contributed by atoms with E-state index in [1.165, 1.54) is 6.07 Å². The fourth-order valence-corrected chi connectivity index (χ4v) is 3.27. The van der Waals surface area contributed by atoms with Crippen molar-refractivity contribution in [2.75, 3.05) is 0 Å². The molecule has 0 heterocycles. The molecule has 2 nitrogen and oxygen atoms in total. The lowest BCUT2D eigenvalue weighted by Crippen LogP contribution is -2.58. The molecule has 1 aromatic carbocycles. The van der Waals surface area contributed by atoms with Gasteiger partial charge in [-0.15, -0.1) is 0 Å². The van der Waals surface area contributed by atoms with Crippen LogP contribution in [0.1, 0.15) is 32.1 Å². The van der Waals surface area contributed by atoms with Crippen molar-refractivity contribution >= 4 is 0 Å². The Morgan fingerprint density at radius 1 is 1.24 bits per heavy atom. The molecule has 1 N–H and O–H groups in total. The number of aliphatic hydroxyl groups excluding tert-OH is 1. The van der Waals surface area contributed by atoms with Gasteiger partial charge in [0.15, 0.2) is 11.6 Å². The summed E-state index contributed by atoms with van der Waals surface area (Å²) in [4.78, 5) is 0. The highest BCUT2D eigenvalue weighted by Gasteiger charge is 2.57. The predicted molar refractivity (Wildman–Crippen MR) is 62.3 cm³/mol. The molecule has 0 aromatic heterocycles. The van der Waals surface area contributed by atoms with Gasteiger partial charge in [-0.05, 0) is 25.0 Å². The van der Waals surface area contributed by atoms with Crippen LogP contribution in [0.5, 0.6) is 5.75 Å². The van der Waals surface area contributed by atoms with Gasteiger partial charge in [-0.2, -0.15) is 0 Å². The highest BCUT2D eigenvalue weighted by atomic mass is 19.1. The fourth-order valence-electron chi connectivity index (χ4n) is 3.27. The highest BCUT2D eigenvalue weighted by molar-refractivity contribution is 5.25. The van der Waals surface area contributed by atoms with Crippen LogP contribution in [-0.4, -0.2) is 17.3 Å². The van der Waals surface area contributed by atoms with Gasteiger partial charge >= 0.3 is 0 Å². The normalized spacial score (nSPS) is 30.2. The van der Waals surface area contributed by atoms with Crippen molar-refractivity contribution in [3.05, 3.63) is 30.1 Å². The van der Waals surface area contributed by atoms with E-state index in [1.54, 1.807) is 18.2 Å². The van der Waals surface area contributed by atoms with Gasteiger partial charge in [0.25, 0.3) is 0 Å². The van der Waals surface area contributed by atoms with Crippen molar-refractivity contribution in [2.45, 2.75) is 44.3 Å². The molecule has 1 spiro atoms. The summed E-state index contributed by atoms with van der Waals surface area (Å²) in [7, 11) is 0. The number of hydrogen-bond donors (Lipinski definition) is 1. The van der Waals surface area contributed by atoms with Crippen LogP contribution in [-0.2, 0) is 0 Å². The van der Waals surface area contributed by atoms with Gasteiger partial charge in [-0.3, -0.25) is 0 Å². The Bertz CT molecular complexity index is 412. The standard InChI is InChI=1S/C14H17FO2/c15-10-5-1-2-6-11(10)17-13-9-12(16)14(13)7-3-4-8-14/h1-2,5-6,12-13,16H,3-4,7-9H2. The molecular weight excluding hydrogens is 219 g/mol. The number of hydrogen-bond acceptors (Lipinski definition) is 2. The van der Waals surface area contributed by atoms with Crippen LogP contribution in [0.15, 0.2) is 24.3 Å². The zero-order chi connectivity index (χ0) is 11.9. The molecule has 2 aliphatic rings. The van der Waals surface area contributed by atoms with Gasteiger partial charge in [0.1, 0.15) is 6.10 Å². The molecule has 0 amide bonds. The van der Waals surface area contributed by atoms with Crippen LogP contribution in [0.2, 0.25) is 0 Å². The molecule has 2 fully saturated rings. The first-order valence-corrected chi connectivity index (χ1v) is 6.32. The summed E-state index contributed by atoms with van der Waals surface area (Å²) in [5.41, 5.74) is -0.0950. The number of para-hydroxylation sites is 1. The summed E-state index contributed by atoms with van der Waals surface area (Å²) < 4.78 is 19.2. The Labute approximate surface area is 100 Å². The monoisotopic (exact) mass is 236 g/mol. The van der Waals surface area contributed by atoms with Crippen LogP contribution in [0.4, 0.5) is 4.39 Å². The zero-order valence-corrected chi connectivity index (χ0v) is 9.73. The first-order valence-electron chi connectivity index (χ1n) is 6.32. The van der Waals surface area contributed by atoms with E-state index in [-0.39, 0.29) is 23.4 Å². The Morgan fingerprint density at radius 3 is 2.59 bits per heavy atom. The summed E-state index contributed by atoms with van der Waals surface area (Å²) in [6, 6.07) is 6.49. The molecule has 3 rings (SSSR count). The summed E-state index contributed by atoms with van der Waals surface area (Å²) in [5, 5.41) is 9.94. The first-order chi connectivity index (χ1) is 8.22. The van der Waals surface area contributed by atoms with Gasteiger partial charge in [0.05, 0.1) is 6.10 Å². The van der Waals surface area contributed by atoms with Gasteiger partial charge in [0.2, 0.25) is 0 Å². The molecule has 92 valence electrons. The van der Waals surface area contributed by atoms with E-state index in [1.807, 2.05) is 0 Å². The van der Waals surface area contributed by atoms with Crippen LogP contribution in [0.25, 0.3) is 0 Å². The Hall–Kier alpha value is -1.09. The second-order valence-electron chi connectivity index (χ2n) is 5.23. The lowest BCUT2D eigenvalue weighted by Gasteiger charge is -2.51. The number of aliphatic hydroxyl groups is 1. The molecule has 2 atom stereocenters. The smallest absolute Gasteiger partial charge is 0.165 e. The number of rotatable bonds is 2. The van der Waals surface area contributed by atoms with E-state index in [0.29, 0.717) is 12.2 Å². The molecule has 2 aliphatic carbocycles. The molecule has 1 aromatic rings. The van der Waals surface area contributed by atoms with Crippen LogP contribution < -0.4 is 4.74 Å². The molecule has 0 bridgehead atoms. The Morgan fingerprint density at radius 2 is 1.94 bits per heavy atom. The van der Waals surface area contributed by atoms with Crippen LogP contribution >= 0.6 is 0 Å². The van der Waals surface area contributed by atoms with E-state index in [2.05, 4.69) is 0 Å². The molecule has 17 heavy (non-hydrogen) atoms. The number of ether oxygens (including phenoxy) is 1. The summed E-state index contributed by atoms with van der Waals surface area (Å²) in [6.07, 6.45) is 4.66. The average Bonchev–Trinajstić information content (AvgIpc) is 2.83. The van der Waals surface area contributed by atoms with Crippen LogP contribution in [0, 0.1) is 11.2 Å². The predicted octanol–water partition coefficient (Wildman–Crippen LogP) is 2.90. The van der Waals surface area contributed by atoms with Crippen molar-refractivity contribution in [3.63, 3.8) is 0 Å².